The molecule has 2 aliphatic rings. The third-order valence-electron chi connectivity index (χ3n) is 6.69. The number of carbonyl (C=O) groups excluding carboxylic acids is 1. The highest BCUT2D eigenvalue weighted by molar-refractivity contribution is 7.89. The van der Waals surface area contributed by atoms with Gasteiger partial charge in [0.05, 0.1) is 4.90 Å². The molecule has 166 valence electrons. The van der Waals surface area contributed by atoms with Crippen LogP contribution in [-0.2, 0) is 10.0 Å². The van der Waals surface area contributed by atoms with Gasteiger partial charge >= 0.3 is 0 Å². The molecule has 1 aliphatic heterocycles. The number of sulfonamides is 1. The van der Waals surface area contributed by atoms with Crippen molar-refractivity contribution in [2.75, 3.05) is 20.1 Å². The maximum atomic E-state index is 13.0. The van der Waals surface area contributed by atoms with E-state index in [0.29, 0.717) is 29.6 Å². The summed E-state index contributed by atoms with van der Waals surface area (Å²) in [7, 11) is -1.53. The van der Waals surface area contributed by atoms with Gasteiger partial charge in [-0.1, -0.05) is 49.9 Å². The van der Waals surface area contributed by atoms with E-state index in [4.69, 9.17) is 0 Å². The van der Waals surface area contributed by atoms with Gasteiger partial charge in [0.15, 0.2) is 0 Å². The van der Waals surface area contributed by atoms with E-state index < -0.39 is 10.0 Å². The second-order valence-electron chi connectivity index (χ2n) is 8.78. The molecular weight excluding hydrogens is 408 g/mol. The largest absolute Gasteiger partial charge is 0.339 e. The third-order valence-corrected chi connectivity index (χ3v) is 8.61. The summed E-state index contributed by atoms with van der Waals surface area (Å²) in [4.78, 5) is 15.3. The van der Waals surface area contributed by atoms with E-state index in [2.05, 4.69) is 0 Å². The first-order valence-electron chi connectivity index (χ1n) is 11.4. The topological polar surface area (TPSA) is 57.7 Å². The molecule has 0 atom stereocenters. The number of piperidine rings is 1. The number of rotatable bonds is 5. The second kappa shape index (κ2) is 9.53. The predicted molar refractivity (Wildman–Crippen MR) is 123 cm³/mol. The second-order valence-corrected chi connectivity index (χ2v) is 10.7. The van der Waals surface area contributed by atoms with E-state index in [1.807, 2.05) is 48.3 Å². The van der Waals surface area contributed by atoms with Crippen LogP contribution in [0.2, 0.25) is 0 Å². The molecule has 0 N–H and O–H groups in total. The quantitative estimate of drug-likeness (QED) is 0.662. The smallest absolute Gasteiger partial charge is 0.253 e. The average Bonchev–Trinajstić information content (AvgIpc) is 2.84. The molecule has 2 aromatic rings. The van der Waals surface area contributed by atoms with E-state index in [-0.39, 0.29) is 5.91 Å². The number of nitrogens with zero attached hydrogens (tertiary/aromatic N) is 2. The van der Waals surface area contributed by atoms with Crippen molar-refractivity contribution in [1.29, 1.82) is 0 Å². The average molecular weight is 441 g/mol. The van der Waals surface area contributed by atoms with Crippen LogP contribution in [0, 0.1) is 0 Å². The first-order valence-corrected chi connectivity index (χ1v) is 12.9. The lowest BCUT2D eigenvalue weighted by Crippen LogP contribution is -2.38. The Morgan fingerprint density at radius 1 is 0.871 bits per heavy atom. The maximum Gasteiger partial charge on any atom is 0.253 e. The van der Waals surface area contributed by atoms with Gasteiger partial charge in [-0.05, 0) is 61.1 Å². The first kappa shape index (κ1) is 22.0. The zero-order chi connectivity index (χ0) is 21.8. The summed E-state index contributed by atoms with van der Waals surface area (Å²) < 4.78 is 27.3. The van der Waals surface area contributed by atoms with Crippen molar-refractivity contribution in [2.24, 2.45) is 0 Å². The Balaban J connectivity index is 1.52. The molecule has 0 unspecified atom stereocenters. The first-order chi connectivity index (χ1) is 15.0. The fraction of sp³-hybridized carbons (Fsp3) is 0.480. The van der Waals surface area contributed by atoms with Crippen LogP contribution in [-0.4, -0.2) is 49.7 Å². The molecule has 2 fully saturated rings. The Labute approximate surface area is 186 Å². The van der Waals surface area contributed by atoms with Crippen molar-refractivity contribution in [1.82, 2.24) is 9.21 Å². The highest BCUT2D eigenvalue weighted by Crippen LogP contribution is 2.27. The van der Waals surface area contributed by atoms with Gasteiger partial charge in [-0.2, -0.15) is 4.31 Å². The Morgan fingerprint density at radius 3 is 2.19 bits per heavy atom. The minimum absolute atomic E-state index is 0.0537. The van der Waals surface area contributed by atoms with Crippen LogP contribution >= 0.6 is 0 Å². The summed E-state index contributed by atoms with van der Waals surface area (Å²) in [6.45, 7) is 1.20. The molecule has 5 nitrogen and oxygen atoms in total. The molecule has 6 heteroatoms. The van der Waals surface area contributed by atoms with Crippen molar-refractivity contribution in [3.05, 3.63) is 54.1 Å². The molecule has 2 aromatic carbocycles. The number of hydrogen-bond acceptors (Lipinski definition) is 3. The van der Waals surface area contributed by atoms with Crippen molar-refractivity contribution < 1.29 is 13.2 Å². The molecule has 1 amide bonds. The lowest BCUT2D eigenvalue weighted by atomic mass is 9.94. The third kappa shape index (κ3) is 4.85. The summed E-state index contributed by atoms with van der Waals surface area (Å²) in [5.41, 5.74) is 2.51. The summed E-state index contributed by atoms with van der Waals surface area (Å²) in [6, 6.07) is 15.0. The minimum Gasteiger partial charge on any atom is -0.339 e. The molecule has 1 aliphatic carbocycles. The minimum atomic E-state index is -3.43. The van der Waals surface area contributed by atoms with Gasteiger partial charge in [0.25, 0.3) is 5.91 Å². The molecule has 31 heavy (non-hydrogen) atoms. The SMILES string of the molecule is CN(C(=O)c1cccc(-c2ccc(S(=O)(=O)N3CCCCC3)cc2)c1)C1CCCCC1. The monoisotopic (exact) mass is 440 g/mol. The molecule has 0 bridgehead atoms. The Kier molecular flexibility index (Phi) is 6.77. The molecule has 1 heterocycles. The van der Waals surface area contributed by atoms with Crippen LogP contribution in [0.25, 0.3) is 11.1 Å². The van der Waals surface area contributed by atoms with Gasteiger partial charge in [0.1, 0.15) is 0 Å². The molecule has 1 saturated heterocycles. The summed E-state index contributed by atoms with van der Waals surface area (Å²) in [5, 5.41) is 0. The molecule has 0 spiro atoms. The highest BCUT2D eigenvalue weighted by Gasteiger charge is 2.26. The van der Waals surface area contributed by atoms with Gasteiger partial charge < -0.3 is 4.90 Å². The van der Waals surface area contributed by atoms with Crippen LogP contribution in [0.4, 0.5) is 0 Å². The summed E-state index contributed by atoms with van der Waals surface area (Å²) in [6.07, 6.45) is 8.74. The number of benzene rings is 2. The van der Waals surface area contributed by atoms with Crippen LogP contribution in [0.15, 0.2) is 53.4 Å². The lowest BCUT2D eigenvalue weighted by Gasteiger charge is -2.31. The fourth-order valence-corrected chi connectivity index (χ4v) is 6.26. The Bertz CT molecular complexity index is 1010. The predicted octanol–water partition coefficient (Wildman–Crippen LogP) is 4.93. The zero-order valence-electron chi connectivity index (χ0n) is 18.3. The van der Waals surface area contributed by atoms with Crippen molar-refractivity contribution >= 4 is 15.9 Å². The van der Waals surface area contributed by atoms with Gasteiger partial charge in [-0.15, -0.1) is 0 Å². The van der Waals surface area contributed by atoms with E-state index >= 15 is 0 Å². The fourth-order valence-electron chi connectivity index (χ4n) is 4.74. The molecule has 4 rings (SSSR count). The van der Waals surface area contributed by atoms with Crippen LogP contribution in [0.5, 0.6) is 0 Å². The molecule has 0 radical (unpaired) electrons. The summed E-state index contributed by atoms with van der Waals surface area (Å²) in [5.74, 6) is 0.0537. The zero-order valence-corrected chi connectivity index (χ0v) is 19.1. The molecule has 0 aromatic heterocycles. The van der Waals surface area contributed by atoms with Crippen LogP contribution < -0.4 is 0 Å². The van der Waals surface area contributed by atoms with Gasteiger partial charge in [0, 0.05) is 31.7 Å². The van der Waals surface area contributed by atoms with Crippen LogP contribution in [0.3, 0.4) is 0 Å². The van der Waals surface area contributed by atoms with Crippen LogP contribution in [0.1, 0.15) is 61.7 Å². The van der Waals surface area contributed by atoms with Gasteiger partial charge in [0.2, 0.25) is 10.0 Å². The normalized spacial score (nSPS) is 18.6. The number of amides is 1. The van der Waals surface area contributed by atoms with Crippen molar-refractivity contribution in [2.45, 2.75) is 62.3 Å². The van der Waals surface area contributed by atoms with Gasteiger partial charge in [-0.3, -0.25) is 4.79 Å². The van der Waals surface area contributed by atoms with E-state index in [9.17, 15) is 13.2 Å². The lowest BCUT2D eigenvalue weighted by molar-refractivity contribution is 0.0696. The van der Waals surface area contributed by atoms with Gasteiger partial charge in [-0.25, -0.2) is 8.42 Å². The number of hydrogen-bond donors (Lipinski definition) is 0. The standard InChI is InChI=1S/C25H32N2O3S/c1-26(23-11-4-2-5-12-23)25(28)22-10-8-9-21(19-22)20-13-15-24(16-14-20)31(29,30)27-17-6-3-7-18-27/h8-10,13-16,19,23H,2-7,11-12,17-18H2,1H3. The molecule has 1 saturated carbocycles. The maximum absolute atomic E-state index is 13.0. The summed E-state index contributed by atoms with van der Waals surface area (Å²) >= 11 is 0. The van der Waals surface area contributed by atoms with E-state index in [0.717, 1.165) is 43.2 Å². The van der Waals surface area contributed by atoms with Crippen molar-refractivity contribution in [3.8, 4) is 11.1 Å². The van der Waals surface area contributed by atoms with E-state index in [1.54, 1.807) is 16.4 Å². The van der Waals surface area contributed by atoms with E-state index in [1.165, 1.54) is 19.3 Å². The van der Waals surface area contributed by atoms with Crippen molar-refractivity contribution in [3.63, 3.8) is 0 Å². The molecular formula is C25H32N2O3S. The number of carbonyl (C=O) groups is 1. The highest BCUT2D eigenvalue weighted by atomic mass is 32.2. The Morgan fingerprint density at radius 2 is 1.52 bits per heavy atom. The Hall–Kier alpha value is -2.18.